The van der Waals surface area contributed by atoms with Gasteiger partial charge in [-0.3, -0.25) is 10.2 Å². The van der Waals surface area contributed by atoms with E-state index in [2.05, 4.69) is 15.3 Å². The number of halogens is 6. The highest BCUT2D eigenvalue weighted by Crippen LogP contribution is 2.47. The van der Waals surface area contributed by atoms with E-state index >= 15 is 8.78 Å². The molecule has 0 bridgehead atoms. The summed E-state index contributed by atoms with van der Waals surface area (Å²) in [5, 5.41) is 2.07. The van der Waals surface area contributed by atoms with Gasteiger partial charge in [-0.25, -0.2) is 27.7 Å². The van der Waals surface area contributed by atoms with Gasteiger partial charge in [0.2, 0.25) is 5.88 Å². The van der Waals surface area contributed by atoms with Crippen LogP contribution in [0, 0.1) is 18.6 Å². The second-order valence-electron chi connectivity index (χ2n) is 17.4. The molecule has 4 aliphatic heterocycles. The summed E-state index contributed by atoms with van der Waals surface area (Å²) in [5.74, 6) is -2.98. The highest BCUT2D eigenvalue weighted by Gasteiger charge is 2.50. The maximum absolute atomic E-state index is 17.3. The quantitative estimate of drug-likeness (QED) is 0.253. The van der Waals surface area contributed by atoms with Gasteiger partial charge in [0, 0.05) is 38.2 Å². The van der Waals surface area contributed by atoms with Crippen LogP contribution in [0.15, 0.2) is 6.07 Å². The zero-order valence-electron chi connectivity index (χ0n) is 33.6. The molecule has 6 heterocycles. The molecule has 1 N–H and O–H groups in total. The fourth-order valence-corrected chi connectivity index (χ4v) is 8.36. The Morgan fingerprint density at radius 3 is 2.36 bits per heavy atom. The van der Waals surface area contributed by atoms with Gasteiger partial charge in [-0.2, -0.15) is 23.1 Å². The van der Waals surface area contributed by atoms with Gasteiger partial charge in [0.05, 0.1) is 22.8 Å². The zero-order valence-corrected chi connectivity index (χ0v) is 33.6. The molecule has 0 aliphatic carbocycles. The van der Waals surface area contributed by atoms with Crippen LogP contribution in [0.1, 0.15) is 78.9 Å². The number of hydrogen-bond acceptors (Lipinski definition) is 11. The number of fused-ring (bicyclic) bond motifs is 3. The highest BCUT2D eigenvalue weighted by atomic mass is 19.4. The lowest BCUT2D eigenvalue weighted by molar-refractivity contribution is -0.137. The highest BCUT2D eigenvalue weighted by molar-refractivity contribution is 5.98. The molecule has 4 atom stereocenters. The van der Waals surface area contributed by atoms with Gasteiger partial charge in [0.25, 0.3) is 0 Å². The number of amides is 2. The lowest BCUT2D eigenvalue weighted by Gasteiger charge is -2.43. The maximum atomic E-state index is 17.3. The third-order valence-electron chi connectivity index (χ3n) is 10.8. The Bertz CT molecular complexity index is 2140. The standard InChI is InChI=1S/C39H47F6N7O6/c1-19-26(39(43,44)45)22(14-23(27(19)41)46-34(53)57-36(3,4)5)29-28(42)30-25-31(49-33(48-30)55-18-38-10-9-11-51(38)16-21(40)15-38)52-13-12-50(35(54)58-37(6,7)8)17-24(52)20(2)56-32(25)47-29/h14,20-21,24H,9-13,15-18H2,1-8H3,(H,46,53)/t20-,21?,24-,38-/m0/s1. The molecule has 3 saturated heterocycles. The van der Waals surface area contributed by atoms with Crippen molar-refractivity contribution in [2.75, 3.05) is 49.5 Å². The number of carbonyl (C=O) groups excluding carboxylic acids is 2. The van der Waals surface area contributed by atoms with Crippen molar-refractivity contribution >= 4 is 34.6 Å². The normalized spacial score (nSPS) is 23.6. The van der Waals surface area contributed by atoms with Crippen LogP contribution in [-0.2, 0) is 15.7 Å². The Morgan fingerprint density at radius 1 is 0.983 bits per heavy atom. The van der Waals surface area contributed by atoms with Gasteiger partial charge in [0.1, 0.15) is 58.3 Å². The van der Waals surface area contributed by atoms with Crippen molar-refractivity contribution in [1.82, 2.24) is 24.8 Å². The van der Waals surface area contributed by atoms with Crippen molar-refractivity contribution in [2.45, 2.75) is 116 Å². The minimum atomic E-state index is -5.23. The Labute approximate surface area is 331 Å². The number of anilines is 2. The molecular formula is C39H47F6N7O6. The van der Waals surface area contributed by atoms with E-state index < -0.39 is 98.6 Å². The summed E-state index contributed by atoms with van der Waals surface area (Å²) < 4.78 is 116. The van der Waals surface area contributed by atoms with Crippen LogP contribution in [0.3, 0.4) is 0 Å². The van der Waals surface area contributed by atoms with Crippen LogP contribution in [0.25, 0.3) is 22.2 Å². The molecule has 316 valence electrons. The number of hydrogen-bond donors (Lipinski definition) is 1. The summed E-state index contributed by atoms with van der Waals surface area (Å²) in [5.41, 5.74) is -7.99. The largest absolute Gasteiger partial charge is 0.472 e. The summed E-state index contributed by atoms with van der Waals surface area (Å²) in [6, 6.07) is -0.334. The lowest BCUT2D eigenvalue weighted by atomic mass is 9.95. The molecule has 1 aromatic carbocycles. The fraction of sp³-hybridized carbons (Fsp3) is 0.615. The van der Waals surface area contributed by atoms with Crippen molar-refractivity contribution in [3.05, 3.63) is 28.8 Å². The molecular weight excluding hydrogens is 776 g/mol. The van der Waals surface area contributed by atoms with Crippen molar-refractivity contribution < 1.29 is 54.9 Å². The molecule has 7 rings (SSSR count). The third-order valence-corrected chi connectivity index (χ3v) is 10.8. The Hall–Kier alpha value is -4.81. The molecule has 2 aromatic heterocycles. The molecule has 4 aliphatic rings. The maximum Gasteiger partial charge on any atom is 0.417 e. The van der Waals surface area contributed by atoms with Crippen LogP contribution in [-0.4, -0.2) is 111 Å². The number of piperazine rings is 1. The molecule has 3 fully saturated rings. The van der Waals surface area contributed by atoms with Gasteiger partial charge in [-0.15, -0.1) is 0 Å². The number of nitrogens with one attached hydrogen (secondary N) is 1. The minimum absolute atomic E-state index is 0.0391. The molecule has 0 spiro atoms. The van der Waals surface area contributed by atoms with Crippen LogP contribution < -0.4 is 19.7 Å². The van der Waals surface area contributed by atoms with Crippen LogP contribution in [0.5, 0.6) is 11.9 Å². The SMILES string of the molecule is Cc1c(F)c(NC(=O)OC(C)(C)C)cc(-c2nc3c4c(nc(OC[C@@]56CCCN5CC(F)C6)nc4c2F)N2CCN(C(=O)OC(C)(C)C)C[C@H]2[C@H](C)O3)c1C(F)(F)F. The third kappa shape index (κ3) is 7.85. The van der Waals surface area contributed by atoms with Crippen molar-refractivity contribution in [2.24, 2.45) is 0 Å². The Balaban J connectivity index is 1.39. The smallest absolute Gasteiger partial charge is 0.417 e. The van der Waals surface area contributed by atoms with Gasteiger partial charge in [-0.1, -0.05) is 0 Å². The van der Waals surface area contributed by atoms with Crippen molar-refractivity contribution in [3.8, 4) is 23.1 Å². The molecule has 13 nitrogen and oxygen atoms in total. The van der Waals surface area contributed by atoms with Gasteiger partial charge in [0.15, 0.2) is 5.82 Å². The molecule has 58 heavy (non-hydrogen) atoms. The van der Waals surface area contributed by atoms with E-state index in [1.807, 2.05) is 4.90 Å². The van der Waals surface area contributed by atoms with E-state index in [9.17, 15) is 27.2 Å². The Morgan fingerprint density at radius 2 is 1.69 bits per heavy atom. The lowest BCUT2D eigenvalue weighted by Crippen LogP contribution is -2.59. The van der Waals surface area contributed by atoms with Crippen LogP contribution in [0.2, 0.25) is 0 Å². The number of rotatable bonds is 5. The van der Waals surface area contributed by atoms with Crippen molar-refractivity contribution in [3.63, 3.8) is 0 Å². The van der Waals surface area contributed by atoms with E-state index in [1.165, 1.54) is 4.90 Å². The first-order chi connectivity index (χ1) is 26.9. The predicted octanol–water partition coefficient (Wildman–Crippen LogP) is 7.81. The summed E-state index contributed by atoms with van der Waals surface area (Å²) in [6.45, 7) is 13.6. The predicted molar refractivity (Wildman–Crippen MR) is 200 cm³/mol. The monoisotopic (exact) mass is 823 g/mol. The summed E-state index contributed by atoms with van der Waals surface area (Å²) in [4.78, 5) is 44.6. The van der Waals surface area contributed by atoms with Gasteiger partial charge >= 0.3 is 24.4 Å². The number of nitrogens with zero attached hydrogens (tertiary/aromatic N) is 6. The number of benzene rings is 1. The second-order valence-corrected chi connectivity index (χ2v) is 17.4. The number of pyridine rings is 1. The molecule has 1 unspecified atom stereocenters. The number of ether oxygens (including phenoxy) is 4. The second kappa shape index (κ2) is 14.5. The average Bonchev–Trinajstić information content (AvgIpc) is 3.59. The number of carbonyl (C=O) groups is 2. The fourth-order valence-electron chi connectivity index (χ4n) is 8.36. The first-order valence-corrected chi connectivity index (χ1v) is 19.2. The topological polar surface area (TPSA) is 131 Å². The van der Waals surface area contributed by atoms with E-state index in [1.54, 1.807) is 53.4 Å². The van der Waals surface area contributed by atoms with E-state index in [0.717, 1.165) is 13.3 Å². The molecule has 0 saturated carbocycles. The Kier molecular flexibility index (Phi) is 10.3. The number of alkyl halides is 4. The van der Waals surface area contributed by atoms with Gasteiger partial charge in [-0.05, 0) is 86.4 Å². The van der Waals surface area contributed by atoms with Crippen LogP contribution in [0.4, 0.5) is 47.4 Å². The molecule has 0 radical (unpaired) electrons. The van der Waals surface area contributed by atoms with Crippen LogP contribution >= 0.6 is 0 Å². The number of aromatic nitrogens is 3. The summed E-state index contributed by atoms with van der Waals surface area (Å²) in [6.07, 6.45) is -7.19. The summed E-state index contributed by atoms with van der Waals surface area (Å²) >= 11 is 0. The zero-order chi connectivity index (χ0) is 42.3. The molecule has 3 aromatic rings. The first-order valence-electron chi connectivity index (χ1n) is 19.2. The van der Waals surface area contributed by atoms with E-state index in [-0.39, 0.29) is 62.3 Å². The first kappa shape index (κ1) is 41.4. The molecule has 2 amide bonds. The van der Waals surface area contributed by atoms with E-state index in [0.29, 0.717) is 19.0 Å². The minimum Gasteiger partial charge on any atom is -0.472 e. The van der Waals surface area contributed by atoms with Crippen molar-refractivity contribution in [1.29, 1.82) is 0 Å². The van der Waals surface area contributed by atoms with Gasteiger partial charge < -0.3 is 28.7 Å². The average molecular weight is 824 g/mol. The van der Waals surface area contributed by atoms with E-state index in [4.69, 9.17) is 23.9 Å². The molecule has 19 heteroatoms. The summed E-state index contributed by atoms with van der Waals surface area (Å²) in [7, 11) is 0.